The van der Waals surface area contributed by atoms with Crippen molar-refractivity contribution in [3.05, 3.63) is 11.8 Å². The summed E-state index contributed by atoms with van der Waals surface area (Å²) in [5.41, 5.74) is 1.05. The normalized spacial score (nSPS) is 22.7. The summed E-state index contributed by atoms with van der Waals surface area (Å²) in [6.07, 6.45) is 1.89. The molecule has 0 aromatic carbocycles. The van der Waals surface area contributed by atoms with Gasteiger partial charge in [0, 0.05) is 6.42 Å². The summed E-state index contributed by atoms with van der Waals surface area (Å²) in [7, 11) is 0. The molecule has 3 heteroatoms. The molecule has 3 nitrogen and oxygen atoms in total. The maximum Gasteiger partial charge on any atom is 0.347 e. The summed E-state index contributed by atoms with van der Waals surface area (Å²) < 4.78 is 9.84. The van der Waals surface area contributed by atoms with E-state index < -0.39 is 0 Å². The molecule has 1 fully saturated rings. The Balaban J connectivity index is 2.37. The quantitative estimate of drug-likeness (QED) is 0.445. The smallest absolute Gasteiger partial charge is 0.347 e. The van der Waals surface area contributed by atoms with Gasteiger partial charge in [-0.05, 0) is 19.4 Å². The Hall–Kier alpha value is -0.990. The molecule has 1 saturated heterocycles. The van der Waals surface area contributed by atoms with E-state index in [2.05, 4.69) is 0 Å². The molecule has 1 aliphatic rings. The number of esters is 1. The number of rotatable bonds is 2. The molecule has 1 aliphatic heterocycles. The van der Waals surface area contributed by atoms with Crippen LogP contribution in [0.3, 0.4) is 0 Å². The van der Waals surface area contributed by atoms with E-state index in [0.717, 1.165) is 5.57 Å². The molecule has 1 unspecified atom stereocenters. The van der Waals surface area contributed by atoms with Crippen LogP contribution in [0.4, 0.5) is 0 Å². The predicted octanol–water partition coefficient (Wildman–Crippen LogP) is 1.24. The molecule has 0 aromatic heterocycles. The molecular weight excluding hydrogens is 144 g/mol. The molecule has 0 bridgehead atoms. The zero-order valence-corrected chi connectivity index (χ0v) is 6.79. The van der Waals surface area contributed by atoms with Crippen LogP contribution in [0, 0.1) is 0 Å². The number of hydrogen-bond donors (Lipinski definition) is 0. The standard InChI is InChI=1S/C8H12O3/c1-6(2)5-11-7-3-4-10-8(7)9/h5,7H,3-4H2,1-2H3. The third-order valence-electron chi connectivity index (χ3n) is 1.36. The Morgan fingerprint density at radius 2 is 2.45 bits per heavy atom. The van der Waals surface area contributed by atoms with Gasteiger partial charge in [0.2, 0.25) is 0 Å². The lowest BCUT2D eigenvalue weighted by atomic mass is 10.3. The minimum Gasteiger partial charge on any atom is -0.486 e. The van der Waals surface area contributed by atoms with Crippen molar-refractivity contribution >= 4 is 5.97 Å². The van der Waals surface area contributed by atoms with Crippen LogP contribution in [0.1, 0.15) is 20.3 Å². The fourth-order valence-corrected chi connectivity index (χ4v) is 0.819. The largest absolute Gasteiger partial charge is 0.486 e. The Morgan fingerprint density at radius 3 is 2.91 bits per heavy atom. The lowest BCUT2D eigenvalue weighted by molar-refractivity contribution is -0.144. The van der Waals surface area contributed by atoms with Gasteiger partial charge in [-0.1, -0.05) is 0 Å². The minimum absolute atomic E-state index is 0.248. The van der Waals surface area contributed by atoms with Crippen molar-refractivity contribution in [2.75, 3.05) is 6.61 Å². The van der Waals surface area contributed by atoms with Crippen LogP contribution >= 0.6 is 0 Å². The van der Waals surface area contributed by atoms with E-state index in [-0.39, 0.29) is 12.1 Å². The highest BCUT2D eigenvalue weighted by Gasteiger charge is 2.26. The monoisotopic (exact) mass is 156 g/mol. The van der Waals surface area contributed by atoms with Crippen LogP contribution in [0.25, 0.3) is 0 Å². The van der Waals surface area contributed by atoms with Crippen LogP contribution in [-0.2, 0) is 14.3 Å². The molecule has 1 heterocycles. The fourth-order valence-electron chi connectivity index (χ4n) is 0.819. The van der Waals surface area contributed by atoms with Crippen molar-refractivity contribution in [2.45, 2.75) is 26.4 Å². The molecule has 0 radical (unpaired) electrons. The third-order valence-corrected chi connectivity index (χ3v) is 1.36. The first kappa shape index (κ1) is 8.11. The molecule has 0 aromatic rings. The van der Waals surface area contributed by atoms with Gasteiger partial charge < -0.3 is 9.47 Å². The van der Waals surface area contributed by atoms with E-state index >= 15 is 0 Å². The van der Waals surface area contributed by atoms with E-state index in [9.17, 15) is 4.79 Å². The van der Waals surface area contributed by atoms with Gasteiger partial charge >= 0.3 is 5.97 Å². The van der Waals surface area contributed by atoms with E-state index in [1.165, 1.54) is 0 Å². The zero-order chi connectivity index (χ0) is 8.27. The second kappa shape index (κ2) is 3.42. The Kier molecular flexibility index (Phi) is 2.52. The van der Waals surface area contributed by atoms with Crippen molar-refractivity contribution in [3.8, 4) is 0 Å². The molecule has 1 rings (SSSR count). The van der Waals surface area contributed by atoms with E-state index in [4.69, 9.17) is 9.47 Å². The van der Waals surface area contributed by atoms with Gasteiger partial charge in [-0.3, -0.25) is 0 Å². The second-order valence-electron chi connectivity index (χ2n) is 2.78. The molecule has 0 aliphatic carbocycles. The third kappa shape index (κ3) is 2.26. The molecule has 62 valence electrons. The van der Waals surface area contributed by atoms with Gasteiger partial charge in [0.15, 0.2) is 6.10 Å². The number of hydrogen-bond acceptors (Lipinski definition) is 3. The highest BCUT2D eigenvalue weighted by Crippen LogP contribution is 2.10. The molecular formula is C8H12O3. The molecule has 0 N–H and O–H groups in total. The zero-order valence-electron chi connectivity index (χ0n) is 6.79. The molecule has 0 saturated carbocycles. The second-order valence-corrected chi connectivity index (χ2v) is 2.78. The van der Waals surface area contributed by atoms with Crippen molar-refractivity contribution in [1.82, 2.24) is 0 Å². The van der Waals surface area contributed by atoms with Crippen LogP contribution in [0.5, 0.6) is 0 Å². The minimum atomic E-state index is -0.370. The van der Waals surface area contributed by atoms with Gasteiger partial charge in [0.05, 0.1) is 12.9 Å². The Labute approximate surface area is 66.0 Å². The first-order chi connectivity index (χ1) is 5.20. The number of carbonyl (C=O) groups is 1. The van der Waals surface area contributed by atoms with Crippen LogP contribution in [0.15, 0.2) is 11.8 Å². The lowest BCUT2D eigenvalue weighted by Gasteiger charge is -2.04. The van der Waals surface area contributed by atoms with Gasteiger partial charge in [-0.25, -0.2) is 4.79 Å². The Morgan fingerprint density at radius 1 is 1.73 bits per heavy atom. The van der Waals surface area contributed by atoms with Gasteiger partial charge in [-0.2, -0.15) is 0 Å². The van der Waals surface area contributed by atoms with Gasteiger partial charge in [0.1, 0.15) is 0 Å². The number of carbonyl (C=O) groups excluding carboxylic acids is 1. The van der Waals surface area contributed by atoms with E-state index in [0.29, 0.717) is 13.0 Å². The topological polar surface area (TPSA) is 35.5 Å². The fraction of sp³-hybridized carbons (Fsp3) is 0.625. The van der Waals surface area contributed by atoms with Crippen LogP contribution < -0.4 is 0 Å². The summed E-state index contributed by atoms with van der Waals surface area (Å²) in [4.78, 5) is 10.8. The van der Waals surface area contributed by atoms with Crippen molar-refractivity contribution in [3.63, 3.8) is 0 Å². The number of allylic oxidation sites excluding steroid dienone is 1. The summed E-state index contributed by atoms with van der Waals surface area (Å²) in [5.74, 6) is -0.248. The lowest BCUT2D eigenvalue weighted by Crippen LogP contribution is -2.15. The van der Waals surface area contributed by atoms with E-state index in [1.54, 1.807) is 6.26 Å². The van der Waals surface area contributed by atoms with E-state index in [1.807, 2.05) is 13.8 Å². The maximum atomic E-state index is 10.8. The maximum absolute atomic E-state index is 10.8. The number of ether oxygens (including phenoxy) is 2. The van der Waals surface area contributed by atoms with Gasteiger partial charge in [0.25, 0.3) is 0 Å². The average Bonchev–Trinajstić information content (AvgIpc) is 2.31. The highest BCUT2D eigenvalue weighted by atomic mass is 16.6. The number of cyclic esters (lactones) is 1. The Bertz CT molecular complexity index is 180. The van der Waals surface area contributed by atoms with Crippen LogP contribution in [-0.4, -0.2) is 18.7 Å². The first-order valence-corrected chi connectivity index (χ1v) is 3.65. The summed E-state index contributed by atoms with van der Waals surface area (Å²) in [5, 5.41) is 0. The van der Waals surface area contributed by atoms with Crippen molar-refractivity contribution in [2.24, 2.45) is 0 Å². The predicted molar refractivity (Wildman–Crippen MR) is 39.9 cm³/mol. The molecule has 0 spiro atoms. The first-order valence-electron chi connectivity index (χ1n) is 3.65. The van der Waals surface area contributed by atoms with Crippen LogP contribution in [0.2, 0.25) is 0 Å². The molecule has 1 atom stereocenters. The molecule has 0 amide bonds. The average molecular weight is 156 g/mol. The summed E-state index contributed by atoms with van der Waals surface area (Å²) in [6, 6.07) is 0. The SMILES string of the molecule is CC(C)=COC1CCOC1=O. The highest BCUT2D eigenvalue weighted by molar-refractivity contribution is 5.76. The van der Waals surface area contributed by atoms with Crippen molar-refractivity contribution in [1.29, 1.82) is 0 Å². The summed E-state index contributed by atoms with van der Waals surface area (Å²) >= 11 is 0. The van der Waals surface area contributed by atoms with Crippen molar-refractivity contribution < 1.29 is 14.3 Å². The van der Waals surface area contributed by atoms with Gasteiger partial charge in [-0.15, -0.1) is 0 Å². The summed E-state index contributed by atoms with van der Waals surface area (Å²) in [6.45, 7) is 4.32. The molecule has 11 heavy (non-hydrogen) atoms.